The number of methoxy groups -OCH3 is 1. The lowest BCUT2D eigenvalue weighted by molar-refractivity contribution is 0.0641. The van der Waals surface area contributed by atoms with Crippen LogP contribution in [0.5, 0.6) is 0 Å². The summed E-state index contributed by atoms with van der Waals surface area (Å²) >= 11 is 3.57. The number of halogens is 1. The summed E-state index contributed by atoms with van der Waals surface area (Å²) in [5, 5.41) is 0. The molecular formula is C14H22BrNO2. The van der Waals surface area contributed by atoms with Gasteiger partial charge in [-0.15, -0.1) is 0 Å². The first kappa shape index (κ1) is 15.6. The molecular weight excluding hydrogens is 294 g/mol. The van der Waals surface area contributed by atoms with Gasteiger partial charge in [0.25, 0.3) is 0 Å². The summed E-state index contributed by atoms with van der Waals surface area (Å²) in [6.07, 6.45) is 1.98. The van der Waals surface area contributed by atoms with Crippen LogP contribution in [-0.2, 0) is 15.9 Å². The van der Waals surface area contributed by atoms with E-state index in [0.29, 0.717) is 25.7 Å². The van der Waals surface area contributed by atoms with Gasteiger partial charge in [-0.1, -0.05) is 34.1 Å². The van der Waals surface area contributed by atoms with Gasteiger partial charge in [-0.05, 0) is 36.9 Å². The van der Waals surface area contributed by atoms with Crippen LogP contribution in [0.3, 0.4) is 0 Å². The molecule has 0 heterocycles. The van der Waals surface area contributed by atoms with Crippen LogP contribution in [0.2, 0.25) is 0 Å². The number of hydrogen-bond acceptors (Lipinski definition) is 3. The monoisotopic (exact) mass is 315 g/mol. The lowest BCUT2D eigenvalue weighted by Crippen LogP contribution is -2.19. The highest BCUT2D eigenvalue weighted by Gasteiger charge is 2.09. The summed E-state index contributed by atoms with van der Waals surface area (Å²) < 4.78 is 11.6. The lowest BCUT2D eigenvalue weighted by atomic mass is 9.97. The van der Waals surface area contributed by atoms with E-state index >= 15 is 0 Å². The largest absolute Gasteiger partial charge is 0.382 e. The van der Waals surface area contributed by atoms with Crippen molar-refractivity contribution in [1.82, 2.24) is 0 Å². The number of benzene rings is 1. The Labute approximate surface area is 118 Å². The zero-order chi connectivity index (χ0) is 13.2. The van der Waals surface area contributed by atoms with Gasteiger partial charge in [0, 0.05) is 18.2 Å². The highest BCUT2D eigenvalue weighted by atomic mass is 79.9. The fourth-order valence-electron chi connectivity index (χ4n) is 1.77. The number of ether oxygens (including phenoxy) is 2. The Morgan fingerprint density at radius 2 is 2.00 bits per heavy atom. The summed E-state index contributed by atoms with van der Waals surface area (Å²) in [5.41, 5.74) is 7.13. The smallest absolute Gasteiger partial charge is 0.0700 e. The Morgan fingerprint density at radius 3 is 2.67 bits per heavy atom. The highest BCUT2D eigenvalue weighted by molar-refractivity contribution is 9.10. The van der Waals surface area contributed by atoms with Gasteiger partial charge in [0.2, 0.25) is 0 Å². The van der Waals surface area contributed by atoms with Crippen LogP contribution >= 0.6 is 15.9 Å². The maximum absolute atomic E-state index is 5.82. The van der Waals surface area contributed by atoms with E-state index in [1.165, 1.54) is 5.56 Å². The average Bonchev–Trinajstić information content (AvgIpc) is 2.39. The van der Waals surface area contributed by atoms with E-state index < -0.39 is 0 Å². The number of nitrogens with two attached hydrogens (primary N) is 1. The molecule has 18 heavy (non-hydrogen) atoms. The zero-order valence-corrected chi connectivity index (χ0v) is 12.5. The van der Waals surface area contributed by atoms with Gasteiger partial charge in [-0.3, -0.25) is 0 Å². The molecule has 0 aliphatic rings. The van der Waals surface area contributed by atoms with E-state index in [9.17, 15) is 0 Å². The Kier molecular flexibility index (Phi) is 8.25. The van der Waals surface area contributed by atoms with Crippen LogP contribution in [0, 0.1) is 5.92 Å². The third-order valence-corrected chi connectivity index (χ3v) is 3.68. The van der Waals surface area contributed by atoms with Gasteiger partial charge < -0.3 is 15.2 Å². The quantitative estimate of drug-likeness (QED) is 0.712. The van der Waals surface area contributed by atoms with Crippen LogP contribution in [0.25, 0.3) is 0 Å². The predicted octanol–water partition coefficient (Wildman–Crippen LogP) is 2.62. The molecule has 1 aromatic rings. The van der Waals surface area contributed by atoms with Gasteiger partial charge in [0.1, 0.15) is 0 Å². The summed E-state index contributed by atoms with van der Waals surface area (Å²) in [5.74, 6) is 0.464. The molecule has 0 aliphatic carbocycles. The van der Waals surface area contributed by atoms with Crippen molar-refractivity contribution in [3.8, 4) is 0 Å². The Bertz CT molecular complexity index is 333. The maximum atomic E-state index is 5.82. The molecule has 0 radical (unpaired) electrons. The molecule has 102 valence electrons. The van der Waals surface area contributed by atoms with E-state index in [1.807, 2.05) is 6.07 Å². The van der Waals surface area contributed by atoms with E-state index in [2.05, 4.69) is 34.1 Å². The van der Waals surface area contributed by atoms with Crippen molar-refractivity contribution >= 4 is 15.9 Å². The molecule has 0 fully saturated rings. The van der Waals surface area contributed by atoms with Gasteiger partial charge in [-0.2, -0.15) is 0 Å². The molecule has 0 amide bonds. The second kappa shape index (κ2) is 9.50. The van der Waals surface area contributed by atoms with Gasteiger partial charge >= 0.3 is 0 Å². The molecule has 3 nitrogen and oxygen atoms in total. The van der Waals surface area contributed by atoms with Gasteiger partial charge in [0.05, 0.1) is 13.2 Å². The molecule has 0 spiro atoms. The minimum Gasteiger partial charge on any atom is -0.382 e. The fourth-order valence-corrected chi connectivity index (χ4v) is 2.22. The van der Waals surface area contributed by atoms with Crippen molar-refractivity contribution in [2.45, 2.75) is 12.8 Å². The maximum Gasteiger partial charge on any atom is 0.0700 e. The molecule has 1 aromatic carbocycles. The minimum absolute atomic E-state index is 0.464. The van der Waals surface area contributed by atoms with E-state index in [-0.39, 0.29) is 0 Å². The normalized spacial score (nSPS) is 12.6. The molecule has 0 aliphatic heterocycles. The Hall–Kier alpha value is -0.420. The Morgan fingerprint density at radius 1 is 1.22 bits per heavy atom. The summed E-state index contributed by atoms with van der Waals surface area (Å²) in [4.78, 5) is 0. The zero-order valence-electron chi connectivity index (χ0n) is 10.9. The molecule has 2 N–H and O–H groups in total. The average molecular weight is 316 g/mol. The molecule has 1 atom stereocenters. The summed E-state index contributed by atoms with van der Waals surface area (Å²) in [7, 11) is 1.68. The molecule has 4 heteroatoms. The van der Waals surface area contributed by atoms with Crippen LogP contribution in [0.4, 0.5) is 0 Å². The minimum atomic E-state index is 0.464. The molecule has 1 unspecified atom stereocenters. The van der Waals surface area contributed by atoms with Crippen molar-refractivity contribution in [2.75, 3.05) is 33.5 Å². The van der Waals surface area contributed by atoms with Gasteiger partial charge in [-0.25, -0.2) is 0 Å². The molecule has 0 saturated carbocycles. The first-order valence-corrected chi connectivity index (χ1v) is 7.07. The van der Waals surface area contributed by atoms with Crippen molar-refractivity contribution in [3.05, 3.63) is 34.3 Å². The second-order valence-corrected chi connectivity index (χ2v) is 5.15. The van der Waals surface area contributed by atoms with Crippen molar-refractivity contribution in [2.24, 2.45) is 11.7 Å². The van der Waals surface area contributed by atoms with Gasteiger partial charge in [0.15, 0.2) is 0 Å². The molecule has 0 bridgehead atoms. The topological polar surface area (TPSA) is 44.5 Å². The van der Waals surface area contributed by atoms with Crippen molar-refractivity contribution < 1.29 is 9.47 Å². The number of hydrogen-bond donors (Lipinski definition) is 1. The highest BCUT2D eigenvalue weighted by Crippen LogP contribution is 2.20. The van der Waals surface area contributed by atoms with Crippen LogP contribution in [0.1, 0.15) is 12.0 Å². The van der Waals surface area contributed by atoms with Crippen LogP contribution in [-0.4, -0.2) is 33.5 Å². The Balaban J connectivity index is 2.31. The van der Waals surface area contributed by atoms with Crippen molar-refractivity contribution in [3.63, 3.8) is 0 Å². The SMILES string of the molecule is COCCOCCC(CN)Cc1ccccc1Br. The molecule has 0 aromatic heterocycles. The van der Waals surface area contributed by atoms with Crippen molar-refractivity contribution in [1.29, 1.82) is 0 Å². The first-order chi connectivity index (χ1) is 8.77. The van der Waals surface area contributed by atoms with E-state index in [0.717, 1.165) is 23.9 Å². The molecule has 1 rings (SSSR count). The summed E-state index contributed by atoms with van der Waals surface area (Å²) in [6, 6.07) is 8.29. The third kappa shape index (κ3) is 5.96. The van der Waals surface area contributed by atoms with Crippen LogP contribution in [0.15, 0.2) is 28.7 Å². The van der Waals surface area contributed by atoms with E-state index in [4.69, 9.17) is 15.2 Å². The lowest BCUT2D eigenvalue weighted by Gasteiger charge is -2.15. The third-order valence-electron chi connectivity index (χ3n) is 2.90. The fraction of sp³-hybridized carbons (Fsp3) is 0.571. The molecule has 0 saturated heterocycles. The van der Waals surface area contributed by atoms with Crippen LogP contribution < -0.4 is 5.73 Å². The number of rotatable bonds is 9. The van der Waals surface area contributed by atoms with E-state index in [1.54, 1.807) is 7.11 Å². The standard InChI is InChI=1S/C14H22BrNO2/c1-17-8-9-18-7-6-12(11-16)10-13-4-2-3-5-14(13)15/h2-5,12H,6-11,16H2,1H3. The summed E-state index contributed by atoms with van der Waals surface area (Å²) in [6.45, 7) is 2.74. The second-order valence-electron chi connectivity index (χ2n) is 4.29. The first-order valence-electron chi connectivity index (χ1n) is 6.28. The predicted molar refractivity (Wildman–Crippen MR) is 77.7 cm³/mol.